The van der Waals surface area contributed by atoms with E-state index in [9.17, 15) is 0 Å². The second-order valence-corrected chi connectivity index (χ2v) is 8.33. The maximum absolute atomic E-state index is 6.07. The van der Waals surface area contributed by atoms with Crippen LogP contribution < -0.4 is 0 Å². The molecule has 0 aliphatic carbocycles. The van der Waals surface area contributed by atoms with Gasteiger partial charge in [-0.15, -0.1) is 0 Å². The third-order valence-electron chi connectivity index (χ3n) is 6.18. The van der Waals surface area contributed by atoms with Crippen LogP contribution in [0.15, 0.2) is 120 Å². The highest BCUT2D eigenvalue weighted by molar-refractivity contribution is 6.05. The van der Waals surface area contributed by atoms with Crippen molar-refractivity contribution >= 4 is 21.9 Å². The first-order valence-corrected chi connectivity index (χ1v) is 11.9. The van der Waals surface area contributed by atoms with E-state index >= 15 is 0 Å². The first kappa shape index (κ1) is 21.7. The summed E-state index contributed by atoms with van der Waals surface area (Å²) in [5, 5.41) is 2.33. The summed E-state index contributed by atoms with van der Waals surface area (Å²) in [5.41, 5.74) is 10.4. The second-order valence-electron chi connectivity index (χ2n) is 8.33. The van der Waals surface area contributed by atoms with Crippen molar-refractivity contribution in [2.45, 2.75) is 20.8 Å². The average Bonchev–Trinajstić information content (AvgIpc) is 3.28. The van der Waals surface area contributed by atoms with Crippen LogP contribution in [0.2, 0.25) is 0 Å². The van der Waals surface area contributed by atoms with Crippen molar-refractivity contribution in [3.63, 3.8) is 0 Å². The van der Waals surface area contributed by atoms with Crippen molar-refractivity contribution in [3.05, 3.63) is 121 Å². The number of hydrogen-bond donors (Lipinski definition) is 0. The summed E-state index contributed by atoms with van der Waals surface area (Å²) in [6, 6.07) is 40.9. The van der Waals surface area contributed by atoms with Gasteiger partial charge in [-0.1, -0.05) is 110 Å². The van der Waals surface area contributed by atoms with E-state index in [1.807, 2.05) is 26.0 Å². The highest BCUT2D eigenvalue weighted by Gasteiger charge is 2.08. The zero-order chi connectivity index (χ0) is 23.5. The molecule has 166 valence electrons. The Hall–Kier alpha value is -4.10. The second kappa shape index (κ2) is 9.41. The van der Waals surface area contributed by atoms with Crippen LogP contribution in [0.1, 0.15) is 19.4 Å². The number of para-hydroxylation sites is 1. The maximum Gasteiger partial charge on any atom is 0.136 e. The number of aryl methyl sites for hydroxylation is 1. The van der Waals surface area contributed by atoms with Gasteiger partial charge in [0.05, 0.1) is 0 Å². The molecule has 0 spiro atoms. The molecule has 1 heterocycles. The standard InChI is InChI=1S/C31H22O.C2H6/c1-21-9-11-22(12-10-21)25-5-4-6-26(19-25)23-13-15-24(16-14-23)27-17-18-29-28-7-2-3-8-30(28)32-31(29)20-27;1-2/h2-20H,1H3;1-2H3. The van der Waals surface area contributed by atoms with Gasteiger partial charge in [0, 0.05) is 10.8 Å². The van der Waals surface area contributed by atoms with Crippen LogP contribution in [0.4, 0.5) is 0 Å². The molecule has 0 radical (unpaired) electrons. The normalized spacial score (nSPS) is 10.8. The third-order valence-corrected chi connectivity index (χ3v) is 6.18. The van der Waals surface area contributed by atoms with Crippen molar-refractivity contribution in [2.75, 3.05) is 0 Å². The van der Waals surface area contributed by atoms with Gasteiger partial charge in [0.2, 0.25) is 0 Å². The fraction of sp³-hybridized carbons (Fsp3) is 0.0909. The van der Waals surface area contributed by atoms with E-state index < -0.39 is 0 Å². The smallest absolute Gasteiger partial charge is 0.136 e. The van der Waals surface area contributed by atoms with Gasteiger partial charge in [0.1, 0.15) is 11.2 Å². The molecule has 5 aromatic carbocycles. The Kier molecular flexibility index (Phi) is 6.01. The van der Waals surface area contributed by atoms with Crippen molar-refractivity contribution in [1.82, 2.24) is 0 Å². The first-order chi connectivity index (χ1) is 16.7. The van der Waals surface area contributed by atoms with Crippen LogP contribution in [-0.4, -0.2) is 0 Å². The summed E-state index contributed by atoms with van der Waals surface area (Å²) < 4.78 is 6.07. The summed E-state index contributed by atoms with van der Waals surface area (Å²) >= 11 is 0. The Labute approximate surface area is 201 Å². The number of fused-ring (bicyclic) bond motifs is 3. The monoisotopic (exact) mass is 440 g/mol. The van der Waals surface area contributed by atoms with E-state index in [0.717, 1.165) is 27.5 Å². The van der Waals surface area contributed by atoms with Gasteiger partial charge in [0.25, 0.3) is 0 Å². The zero-order valence-corrected chi connectivity index (χ0v) is 19.9. The van der Waals surface area contributed by atoms with Crippen molar-refractivity contribution in [3.8, 4) is 33.4 Å². The number of furan rings is 1. The first-order valence-electron chi connectivity index (χ1n) is 11.9. The Morgan fingerprint density at radius 3 is 1.56 bits per heavy atom. The van der Waals surface area contributed by atoms with Gasteiger partial charge in [-0.2, -0.15) is 0 Å². The van der Waals surface area contributed by atoms with E-state index in [-0.39, 0.29) is 0 Å². The Balaban J connectivity index is 0.00000117. The molecule has 0 N–H and O–H groups in total. The minimum Gasteiger partial charge on any atom is -0.456 e. The van der Waals surface area contributed by atoms with Crippen molar-refractivity contribution in [1.29, 1.82) is 0 Å². The molecule has 0 unspecified atom stereocenters. The van der Waals surface area contributed by atoms with Crippen molar-refractivity contribution in [2.24, 2.45) is 0 Å². The van der Waals surface area contributed by atoms with Crippen LogP contribution in [0.25, 0.3) is 55.3 Å². The number of hydrogen-bond acceptors (Lipinski definition) is 1. The average molecular weight is 441 g/mol. The Morgan fingerprint density at radius 2 is 0.912 bits per heavy atom. The summed E-state index contributed by atoms with van der Waals surface area (Å²) in [6.45, 7) is 6.12. The van der Waals surface area contributed by atoms with Crippen LogP contribution in [0.5, 0.6) is 0 Å². The van der Waals surface area contributed by atoms with Crippen LogP contribution in [0, 0.1) is 6.92 Å². The topological polar surface area (TPSA) is 13.1 Å². The molecule has 0 saturated heterocycles. The molecule has 1 aromatic heterocycles. The van der Waals surface area contributed by atoms with E-state index in [4.69, 9.17) is 4.42 Å². The van der Waals surface area contributed by atoms with E-state index in [0.29, 0.717) is 0 Å². The quantitative estimate of drug-likeness (QED) is 0.267. The fourth-order valence-electron chi connectivity index (χ4n) is 4.38. The fourth-order valence-corrected chi connectivity index (χ4v) is 4.38. The van der Waals surface area contributed by atoms with E-state index in [1.165, 1.54) is 33.4 Å². The molecule has 0 amide bonds. The Bertz CT molecular complexity index is 1550. The molecule has 1 heteroatoms. The van der Waals surface area contributed by atoms with Gasteiger partial charge in [-0.05, 0) is 64.6 Å². The summed E-state index contributed by atoms with van der Waals surface area (Å²) in [4.78, 5) is 0. The molecule has 1 nitrogen and oxygen atoms in total. The van der Waals surface area contributed by atoms with Crippen LogP contribution in [-0.2, 0) is 0 Å². The van der Waals surface area contributed by atoms with Gasteiger partial charge < -0.3 is 4.42 Å². The van der Waals surface area contributed by atoms with Crippen LogP contribution in [0.3, 0.4) is 0 Å². The Morgan fingerprint density at radius 1 is 0.412 bits per heavy atom. The number of rotatable bonds is 3. The lowest BCUT2D eigenvalue weighted by molar-refractivity contribution is 0.669. The minimum atomic E-state index is 0.929. The molecule has 0 aliphatic heterocycles. The van der Waals surface area contributed by atoms with Gasteiger partial charge >= 0.3 is 0 Å². The molecule has 0 bridgehead atoms. The summed E-state index contributed by atoms with van der Waals surface area (Å²) in [7, 11) is 0. The lowest BCUT2D eigenvalue weighted by atomic mass is 9.96. The van der Waals surface area contributed by atoms with E-state index in [1.54, 1.807) is 0 Å². The maximum atomic E-state index is 6.07. The molecule has 6 rings (SSSR count). The predicted molar refractivity (Wildman–Crippen MR) is 146 cm³/mol. The zero-order valence-electron chi connectivity index (χ0n) is 19.9. The highest BCUT2D eigenvalue weighted by Crippen LogP contribution is 2.33. The predicted octanol–water partition coefficient (Wildman–Crippen LogP) is 9.92. The molecule has 0 saturated carbocycles. The lowest BCUT2D eigenvalue weighted by Gasteiger charge is -2.08. The lowest BCUT2D eigenvalue weighted by Crippen LogP contribution is -1.83. The summed E-state index contributed by atoms with van der Waals surface area (Å²) in [5.74, 6) is 0. The molecule has 34 heavy (non-hydrogen) atoms. The van der Waals surface area contributed by atoms with Gasteiger partial charge in [-0.3, -0.25) is 0 Å². The molecule has 0 atom stereocenters. The van der Waals surface area contributed by atoms with Gasteiger partial charge in [0.15, 0.2) is 0 Å². The third kappa shape index (κ3) is 4.13. The highest BCUT2D eigenvalue weighted by atomic mass is 16.3. The van der Waals surface area contributed by atoms with Gasteiger partial charge in [-0.25, -0.2) is 0 Å². The SMILES string of the molecule is CC.Cc1ccc(-c2cccc(-c3ccc(-c4ccc5c(c4)oc4ccccc45)cc3)c2)cc1. The molecular formula is C33H28O. The summed E-state index contributed by atoms with van der Waals surface area (Å²) in [6.07, 6.45) is 0. The van der Waals surface area contributed by atoms with Crippen LogP contribution >= 0.6 is 0 Å². The molecule has 0 aliphatic rings. The van der Waals surface area contributed by atoms with Crippen molar-refractivity contribution < 1.29 is 4.42 Å². The number of benzene rings is 5. The molecule has 0 fully saturated rings. The van der Waals surface area contributed by atoms with E-state index in [2.05, 4.69) is 110 Å². The molecule has 6 aromatic rings. The largest absolute Gasteiger partial charge is 0.456 e. The minimum absolute atomic E-state index is 0.929. The molecular weight excluding hydrogens is 412 g/mol.